The molecule has 1 aromatic heterocycles. The first kappa shape index (κ1) is 14.6. The third kappa shape index (κ3) is 4.45. The summed E-state index contributed by atoms with van der Waals surface area (Å²) in [6, 6.07) is 3.70. The second kappa shape index (κ2) is 7.11. The fourth-order valence-electron chi connectivity index (χ4n) is 1.51. The molecule has 1 heterocycles. The second-order valence-electron chi connectivity index (χ2n) is 4.52. The van der Waals surface area contributed by atoms with E-state index in [0.29, 0.717) is 18.7 Å². The van der Waals surface area contributed by atoms with E-state index >= 15 is 0 Å². The van der Waals surface area contributed by atoms with Gasteiger partial charge in [-0.3, -0.25) is 9.78 Å². The summed E-state index contributed by atoms with van der Waals surface area (Å²) < 4.78 is 5.50. The molecule has 0 saturated heterocycles. The van der Waals surface area contributed by atoms with Crippen LogP contribution in [0.25, 0.3) is 0 Å². The number of ketones is 1. The van der Waals surface area contributed by atoms with Gasteiger partial charge >= 0.3 is 0 Å². The van der Waals surface area contributed by atoms with E-state index in [4.69, 9.17) is 4.74 Å². The summed E-state index contributed by atoms with van der Waals surface area (Å²) >= 11 is 0. The summed E-state index contributed by atoms with van der Waals surface area (Å²) in [6.07, 6.45) is 2.48. The van der Waals surface area contributed by atoms with E-state index in [1.54, 1.807) is 12.3 Å². The van der Waals surface area contributed by atoms with Crippen LogP contribution in [-0.4, -0.2) is 37.1 Å². The van der Waals surface area contributed by atoms with Crippen molar-refractivity contribution in [3.05, 3.63) is 24.0 Å². The smallest absolute Gasteiger partial charge is 0.180 e. The maximum atomic E-state index is 11.4. The molecule has 0 bridgehead atoms. The standard InChI is InChI=1S/C14H22N2O2/c1-5-14(17)13-7-6-12(10-15-13)16(4)8-9-18-11(2)3/h6-7,10-11H,5,8-9H2,1-4H3. The fraction of sp³-hybridized carbons (Fsp3) is 0.571. The number of anilines is 1. The van der Waals surface area contributed by atoms with Crippen molar-refractivity contribution >= 4 is 11.5 Å². The Labute approximate surface area is 109 Å². The van der Waals surface area contributed by atoms with Crippen molar-refractivity contribution in [2.24, 2.45) is 0 Å². The maximum absolute atomic E-state index is 11.4. The molecule has 1 rings (SSSR count). The molecular formula is C14H22N2O2. The van der Waals surface area contributed by atoms with E-state index < -0.39 is 0 Å². The number of nitrogens with zero attached hydrogens (tertiary/aromatic N) is 2. The Bertz CT molecular complexity index is 374. The van der Waals surface area contributed by atoms with Gasteiger partial charge in [0.25, 0.3) is 0 Å². The minimum atomic E-state index is 0.0762. The molecule has 0 aliphatic heterocycles. The van der Waals surface area contributed by atoms with E-state index in [-0.39, 0.29) is 11.9 Å². The summed E-state index contributed by atoms with van der Waals surface area (Å²) in [5.74, 6) is 0.0762. The van der Waals surface area contributed by atoms with Crippen molar-refractivity contribution in [3.8, 4) is 0 Å². The van der Waals surface area contributed by atoms with Crippen LogP contribution in [0.1, 0.15) is 37.7 Å². The van der Waals surface area contributed by atoms with Gasteiger partial charge in [-0.2, -0.15) is 0 Å². The van der Waals surface area contributed by atoms with Crippen molar-refractivity contribution < 1.29 is 9.53 Å². The van der Waals surface area contributed by atoms with Gasteiger partial charge in [0.1, 0.15) is 5.69 Å². The van der Waals surface area contributed by atoms with Gasteiger partial charge in [0.15, 0.2) is 5.78 Å². The molecule has 1 aromatic rings. The molecule has 0 fully saturated rings. The number of hydrogen-bond acceptors (Lipinski definition) is 4. The maximum Gasteiger partial charge on any atom is 0.180 e. The highest BCUT2D eigenvalue weighted by Gasteiger charge is 2.06. The lowest BCUT2D eigenvalue weighted by molar-refractivity contribution is 0.0846. The van der Waals surface area contributed by atoms with Crippen LogP contribution in [0, 0.1) is 0 Å². The van der Waals surface area contributed by atoms with E-state index in [1.165, 1.54) is 0 Å². The third-order valence-electron chi connectivity index (χ3n) is 2.67. The molecule has 4 heteroatoms. The summed E-state index contributed by atoms with van der Waals surface area (Å²) in [7, 11) is 1.99. The number of ether oxygens (including phenoxy) is 1. The Morgan fingerprint density at radius 1 is 1.44 bits per heavy atom. The molecule has 0 saturated carbocycles. The van der Waals surface area contributed by atoms with E-state index in [2.05, 4.69) is 9.88 Å². The van der Waals surface area contributed by atoms with Gasteiger partial charge in [-0.05, 0) is 26.0 Å². The van der Waals surface area contributed by atoms with E-state index in [9.17, 15) is 4.79 Å². The fourth-order valence-corrected chi connectivity index (χ4v) is 1.51. The van der Waals surface area contributed by atoms with Gasteiger partial charge in [-0.15, -0.1) is 0 Å². The van der Waals surface area contributed by atoms with Gasteiger partial charge in [-0.25, -0.2) is 0 Å². The van der Waals surface area contributed by atoms with Gasteiger partial charge < -0.3 is 9.64 Å². The first-order valence-corrected chi connectivity index (χ1v) is 6.36. The Balaban J connectivity index is 2.53. The molecule has 0 aliphatic carbocycles. The number of pyridine rings is 1. The van der Waals surface area contributed by atoms with Crippen LogP contribution in [0.15, 0.2) is 18.3 Å². The lowest BCUT2D eigenvalue weighted by Gasteiger charge is -2.19. The van der Waals surface area contributed by atoms with Crippen molar-refractivity contribution in [3.63, 3.8) is 0 Å². The number of carbonyl (C=O) groups excluding carboxylic acids is 1. The average Bonchev–Trinajstić information content (AvgIpc) is 2.37. The zero-order valence-corrected chi connectivity index (χ0v) is 11.6. The normalized spacial score (nSPS) is 10.7. The SMILES string of the molecule is CCC(=O)c1ccc(N(C)CCOC(C)C)cn1. The van der Waals surface area contributed by atoms with Crippen LogP contribution in [-0.2, 0) is 4.74 Å². The Morgan fingerprint density at radius 3 is 2.67 bits per heavy atom. The van der Waals surface area contributed by atoms with Crippen molar-refractivity contribution in [1.29, 1.82) is 0 Å². The Hall–Kier alpha value is -1.42. The highest BCUT2D eigenvalue weighted by atomic mass is 16.5. The van der Waals surface area contributed by atoms with Crippen LogP contribution in [0.3, 0.4) is 0 Å². The van der Waals surface area contributed by atoms with Crippen LogP contribution >= 0.6 is 0 Å². The largest absolute Gasteiger partial charge is 0.377 e. The third-order valence-corrected chi connectivity index (χ3v) is 2.67. The monoisotopic (exact) mass is 250 g/mol. The summed E-state index contributed by atoms with van der Waals surface area (Å²) in [4.78, 5) is 17.7. The Morgan fingerprint density at radius 2 is 2.17 bits per heavy atom. The van der Waals surface area contributed by atoms with Gasteiger partial charge in [0.2, 0.25) is 0 Å². The Kier molecular flexibility index (Phi) is 5.78. The van der Waals surface area contributed by atoms with Crippen LogP contribution in [0.4, 0.5) is 5.69 Å². The zero-order valence-electron chi connectivity index (χ0n) is 11.6. The summed E-state index contributed by atoms with van der Waals surface area (Å²) in [5, 5.41) is 0. The van der Waals surface area contributed by atoms with Gasteiger partial charge in [0.05, 0.1) is 24.6 Å². The van der Waals surface area contributed by atoms with E-state index in [1.807, 2.05) is 33.9 Å². The second-order valence-corrected chi connectivity index (χ2v) is 4.52. The van der Waals surface area contributed by atoms with E-state index in [0.717, 1.165) is 12.2 Å². The molecule has 18 heavy (non-hydrogen) atoms. The summed E-state index contributed by atoms with van der Waals surface area (Å²) in [6.45, 7) is 7.37. The summed E-state index contributed by atoms with van der Waals surface area (Å²) in [5.41, 5.74) is 1.53. The molecule has 0 radical (unpaired) electrons. The molecular weight excluding hydrogens is 228 g/mol. The molecule has 0 aromatic carbocycles. The van der Waals surface area contributed by atoms with Gasteiger partial charge in [-0.1, -0.05) is 6.92 Å². The number of Topliss-reactive ketones (excluding diaryl/α,β-unsaturated/α-hetero) is 1. The quantitative estimate of drug-likeness (QED) is 0.697. The van der Waals surface area contributed by atoms with Gasteiger partial charge in [0, 0.05) is 20.0 Å². The van der Waals surface area contributed by atoms with Crippen molar-refractivity contribution in [2.75, 3.05) is 25.1 Å². The average molecular weight is 250 g/mol. The minimum Gasteiger partial charge on any atom is -0.377 e. The topological polar surface area (TPSA) is 42.4 Å². The zero-order chi connectivity index (χ0) is 13.5. The number of rotatable bonds is 7. The predicted octanol–water partition coefficient (Wildman–Crippen LogP) is 2.54. The van der Waals surface area contributed by atoms with Crippen LogP contribution in [0.2, 0.25) is 0 Å². The molecule has 0 amide bonds. The number of hydrogen-bond donors (Lipinski definition) is 0. The highest BCUT2D eigenvalue weighted by Crippen LogP contribution is 2.12. The van der Waals surface area contributed by atoms with Crippen molar-refractivity contribution in [2.45, 2.75) is 33.3 Å². The molecule has 0 N–H and O–H groups in total. The van der Waals surface area contributed by atoms with Crippen LogP contribution < -0.4 is 4.90 Å². The lowest BCUT2D eigenvalue weighted by Crippen LogP contribution is -2.24. The molecule has 0 atom stereocenters. The molecule has 0 aliphatic rings. The molecule has 100 valence electrons. The number of likely N-dealkylation sites (N-methyl/N-ethyl adjacent to an activating group) is 1. The number of carbonyl (C=O) groups is 1. The lowest BCUT2D eigenvalue weighted by atomic mass is 10.2. The molecule has 0 spiro atoms. The molecule has 4 nitrogen and oxygen atoms in total. The molecule has 0 unspecified atom stereocenters. The highest BCUT2D eigenvalue weighted by molar-refractivity contribution is 5.94. The predicted molar refractivity (Wildman–Crippen MR) is 73.2 cm³/mol. The minimum absolute atomic E-state index is 0.0762. The first-order chi connectivity index (χ1) is 8.54. The van der Waals surface area contributed by atoms with Crippen molar-refractivity contribution in [1.82, 2.24) is 4.98 Å². The van der Waals surface area contributed by atoms with Crippen LogP contribution in [0.5, 0.6) is 0 Å². The first-order valence-electron chi connectivity index (χ1n) is 6.36. The number of aromatic nitrogens is 1.